The third kappa shape index (κ3) is 4.34. The minimum absolute atomic E-state index is 0.280. The van der Waals surface area contributed by atoms with Gasteiger partial charge in [0.25, 0.3) is 0 Å². The zero-order chi connectivity index (χ0) is 14.4. The van der Waals surface area contributed by atoms with Crippen molar-refractivity contribution in [2.75, 3.05) is 20.7 Å². The van der Waals surface area contributed by atoms with Gasteiger partial charge in [0.1, 0.15) is 5.82 Å². The molecule has 19 heavy (non-hydrogen) atoms. The molecule has 0 aliphatic heterocycles. The molecule has 0 aliphatic carbocycles. The largest absolute Gasteiger partial charge is 0.469 e. The monoisotopic (exact) mass is 264 g/mol. The van der Waals surface area contributed by atoms with E-state index in [1.165, 1.54) is 25.3 Å². The van der Waals surface area contributed by atoms with Crippen molar-refractivity contribution in [1.82, 2.24) is 4.90 Å². The minimum atomic E-state index is -0.350. The van der Waals surface area contributed by atoms with Crippen LogP contribution in [0.4, 0.5) is 4.39 Å². The lowest BCUT2D eigenvalue weighted by Crippen LogP contribution is -2.29. The number of carbonyl (C=O) groups excluding carboxylic acids is 1. The van der Waals surface area contributed by atoms with Crippen molar-refractivity contribution in [1.29, 1.82) is 5.26 Å². The summed E-state index contributed by atoms with van der Waals surface area (Å²) in [6, 6.07) is 6.22. The van der Waals surface area contributed by atoms with Crippen molar-refractivity contribution in [3.8, 4) is 6.07 Å². The summed E-state index contributed by atoms with van der Waals surface area (Å²) in [5.41, 5.74) is 0.865. The van der Waals surface area contributed by atoms with Gasteiger partial charge in [-0.1, -0.05) is 6.92 Å². The summed E-state index contributed by atoms with van der Waals surface area (Å²) < 4.78 is 18.2. The Hall–Kier alpha value is -1.93. The molecule has 1 aromatic carbocycles. The summed E-state index contributed by atoms with van der Waals surface area (Å²) in [6.07, 6.45) is 0. The fourth-order valence-electron chi connectivity index (χ4n) is 1.86. The Morgan fingerprint density at radius 3 is 2.84 bits per heavy atom. The molecule has 0 fully saturated rings. The highest BCUT2D eigenvalue weighted by Crippen LogP contribution is 2.13. The Bertz CT molecular complexity index is 497. The van der Waals surface area contributed by atoms with Crippen LogP contribution in [0.3, 0.4) is 0 Å². The van der Waals surface area contributed by atoms with Gasteiger partial charge in [0.2, 0.25) is 0 Å². The van der Waals surface area contributed by atoms with Gasteiger partial charge in [-0.15, -0.1) is 0 Å². The summed E-state index contributed by atoms with van der Waals surface area (Å²) in [4.78, 5) is 13.1. The van der Waals surface area contributed by atoms with Gasteiger partial charge in [-0.2, -0.15) is 5.26 Å². The molecule has 1 rings (SSSR count). The predicted molar refractivity (Wildman–Crippen MR) is 68.6 cm³/mol. The van der Waals surface area contributed by atoms with Gasteiger partial charge in [-0.3, -0.25) is 4.79 Å². The van der Waals surface area contributed by atoms with Crippen LogP contribution in [0.25, 0.3) is 0 Å². The Balaban J connectivity index is 2.69. The maximum atomic E-state index is 13.6. The molecule has 1 unspecified atom stereocenters. The van der Waals surface area contributed by atoms with E-state index in [0.717, 1.165) is 0 Å². The molecule has 0 radical (unpaired) electrons. The number of nitrogens with zero attached hydrogens (tertiary/aromatic N) is 2. The second-order valence-electron chi connectivity index (χ2n) is 4.54. The summed E-state index contributed by atoms with van der Waals surface area (Å²) in [5.74, 6) is -0.924. The van der Waals surface area contributed by atoms with E-state index in [9.17, 15) is 9.18 Å². The highest BCUT2D eigenvalue weighted by molar-refractivity contribution is 5.72. The molecule has 0 saturated carbocycles. The number of esters is 1. The Labute approximate surface area is 112 Å². The van der Waals surface area contributed by atoms with Gasteiger partial charge in [0.15, 0.2) is 0 Å². The first-order chi connectivity index (χ1) is 8.97. The number of hydrogen-bond acceptors (Lipinski definition) is 4. The van der Waals surface area contributed by atoms with Gasteiger partial charge in [0, 0.05) is 18.7 Å². The van der Waals surface area contributed by atoms with Crippen LogP contribution in [0.1, 0.15) is 18.1 Å². The summed E-state index contributed by atoms with van der Waals surface area (Å²) >= 11 is 0. The smallest absolute Gasteiger partial charge is 0.309 e. The van der Waals surface area contributed by atoms with Crippen LogP contribution in [-0.2, 0) is 16.1 Å². The van der Waals surface area contributed by atoms with Crippen molar-refractivity contribution in [3.05, 3.63) is 35.1 Å². The van der Waals surface area contributed by atoms with E-state index in [2.05, 4.69) is 4.74 Å². The van der Waals surface area contributed by atoms with Crippen molar-refractivity contribution >= 4 is 5.97 Å². The summed E-state index contributed by atoms with van der Waals surface area (Å²) in [6.45, 7) is 2.55. The molecule has 0 heterocycles. The van der Waals surface area contributed by atoms with E-state index in [-0.39, 0.29) is 17.7 Å². The summed E-state index contributed by atoms with van der Waals surface area (Å²) in [5, 5.41) is 8.79. The van der Waals surface area contributed by atoms with Gasteiger partial charge in [0.05, 0.1) is 24.7 Å². The van der Waals surface area contributed by atoms with Crippen LogP contribution in [-0.4, -0.2) is 31.6 Å². The molecule has 4 nitrogen and oxygen atoms in total. The number of ether oxygens (including phenoxy) is 1. The molecular formula is C14H17FN2O2. The van der Waals surface area contributed by atoms with Crippen molar-refractivity contribution in [3.63, 3.8) is 0 Å². The molecule has 1 aromatic rings. The first kappa shape index (κ1) is 15.1. The van der Waals surface area contributed by atoms with Crippen LogP contribution in [0, 0.1) is 23.1 Å². The lowest BCUT2D eigenvalue weighted by Gasteiger charge is -2.20. The zero-order valence-electron chi connectivity index (χ0n) is 11.3. The van der Waals surface area contributed by atoms with E-state index >= 15 is 0 Å². The van der Waals surface area contributed by atoms with Gasteiger partial charge < -0.3 is 9.64 Å². The van der Waals surface area contributed by atoms with E-state index in [1.807, 2.05) is 11.0 Å². The van der Waals surface area contributed by atoms with Crippen LogP contribution in [0.2, 0.25) is 0 Å². The fraction of sp³-hybridized carbons (Fsp3) is 0.429. The first-order valence-electron chi connectivity index (χ1n) is 5.92. The number of hydrogen-bond donors (Lipinski definition) is 0. The molecule has 0 amide bonds. The third-order valence-corrected chi connectivity index (χ3v) is 2.80. The topological polar surface area (TPSA) is 53.3 Å². The highest BCUT2D eigenvalue weighted by atomic mass is 19.1. The molecule has 0 spiro atoms. The number of methoxy groups -OCH3 is 1. The second-order valence-corrected chi connectivity index (χ2v) is 4.54. The molecule has 1 atom stereocenters. The molecule has 5 heteroatoms. The van der Waals surface area contributed by atoms with E-state index < -0.39 is 0 Å². The Morgan fingerprint density at radius 2 is 2.26 bits per heavy atom. The van der Waals surface area contributed by atoms with Gasteiger partial charge >= 0.3 is 5.97 Å². The van der Waals surface area contributed by atoms with Gasteiger partial charge in [-0.25, -0.2) is 4.39 Å². The first-order valence-corrected chi connectivity index (χ1v) is 5.92. The van der Waals surface area contributed by atoms with Crippen LogP contribution in [0.5, 0.6) is 0 Å². The molecular weight excluding hydrogens is 247 g/mol. The SMILES string of the molecule is COC(=O)C(C)CN(C)Cc1cc(C#N)ccc1F. The molecule has 0 aliphatic rings. The lowest BCUT2D eigenvalue weighted by atomic mass is 10.1. The van der Waals surface area contributed by atoms with Crippen LogP contribution >= 0.6 is 0 Å². The maximum absolute atomic E-state index is 13.6. The molecule has 0 N–H and O–H groups in total. The number of halogens is 1. The van der Waals surface area contributed by atoms with Gasteiger partial charge in [-0.05, 0) is 25.2 Å². The zero-order valence-corrected chi connectivity index (χ0v) is 11.3. The highest BCUT2D eigenvalue weighted by Gasteiger charge is 2.16. The van der Waals surface area contributed by atoms with E-state index in [1.54, 1.807) is 14.0 Å². The van der Waals surface area contributed by atoms with Crippen molar-refractivity contribution < 1.29 is 13.9 Å². The average Bonchev–Trinajstić information content (AvgIpc) is 2.40. The van der Waals surface area contributed by atoms with Crippen molar-refractivity contribution in [2.24, 2.45) is 5.92 Å². The molecule has 0 aromatic heterocycles. The second kappa shape index (κ2) is 6.86. The van der Waals surface area contributed by atoms with Crippen LogP contribution < -0.4 is 0 Å². The lowest BCUT2D eigenvalue weighted by molar-refractivity contribution is -0.145. The number of benzene rings is 1. The standard InChI is InChI=1S/C14H17FN2O2/c1-10(14(18)19-3)8-17(2)9-12-6-11(7-16)4-5-13(12)15/h4-6,10H,8-9H2,1-3H3. The molecule has 0 bridgehead atoms. The quantitative estimate of drug-likeness (QED) is 0.763. The summed E-state index contributed by atoms with van der Waals surface area (Å²) in [7, 11) is 3.13. The van der Waals surface area contributed by atoms with Crippen LogP contribution in [0.15, 0.2) is 18.2 Å². The predicted octanol–water partition coefficient (Wildman–Crippen LogP) is 1.94. The number of nitriles is 1. The molecule has 0 saturated heterocycles. The van der Waals surface area contributed by atoms with E-state index in [0.29, 0.717) is 24.2 Å². The Kier molecular flexibility index (Phi) is 5.46. The Morgan fingerprint density at radius 1 is 1.58 bits per heavy atom. The maximum Gasteiger partial charge on any atom is 0.309 e. The molecule has 102 valence electrons. The van der Waals surface area contributed by atoms with Crippen molar-refractivity contribution in [2.45, 2.75) is 13.5 Å². The number of rotatable bonds is 5. The third-order valence-electron chi connectivity index (χ3n) is 2.80. The average molecular weight is 264 g/mol. The minimum Gasteiger partial charge on any atom is -0.469 e. The van der Waals surface area contributed by atoms with E-state index in [4.69, 9.17) is 5.26 Å². The number of carbonyl (C=O) groups is 1. The normalized spacial score (nSPS) is 12.0. The fourth-order valence-corrected chi connectivity index (χ4v) is 1.86.